The maximum Gasteiger partial charge on any atom is 0.0540 e. The van der Waals surface area contributed by atoms with E-state index in [-0.39, 0.29) is 16.2 Å². The second-order valence-electron chi connectivity index (χ2n) is 35.3. The van der Waals surface area contributed by atoms with Crippen LogP contribution < -0.4 is 9.80 Å². The summed E-state index contributed by atoms with van der Waals surface area (Å²) in [6, 6.07) is 167. The number of fused-ring (bicyclic) bond motifs is 13. The summed E-state index contributed by atoms with van der Waals surface area (Å²) in [5.41, 5.74) is 44.0. The molecule has 0 bridgehead atoms. The Labute approximate surface area is 727 Å². The summed E-state index contributed by atoms with van der Waals surface area (Å²) in [4.78, 5) is 5.15. The molecule has 588 valence electrons. The van der Waals surface area contributed by atoms with Gasteiger partial charge in [-0.25, -0.2) is 0 Å². The van der Waals surface area contributed by atoms with Crippen LogP contribution in [0.3, 0.4) is 0 Å². The first-order valence-electron chi connectivity index (χ1n) is 43.8. The summed E-state index contributed by atoms with van der Waals surface area (Å²) < 4.78 is 0. The molecule has 124 heavy (non-hydrogen) atoms. The predicted octanol–water partition coefficient (Wildman–Crippen LogP) is 32.3. The van der Waals surface area contributed by atoms with Gasteiger partial charge in [0.1, 0.15) is 0 Å². The van der Waals surface area contributed by atoms with Gasteiger partial charge >= 0.3 is 0 Å². The minimum absolute atomic E-state index is 0.186. The number of anilines is 6. The standard InChI is InChI=1S/C122H90N2/c1-119(2)103-58-25-17-53-101(103)117-99(56-36-62-107(117)119)97-51-23-34-69-116(97)124(113-66-31-21-47-90(113)84-72-75-95-93-49-16-28-61-106(93)122(5,110(95)78-84)86-43-13-8-14-44-86)114-67-32-22-50-96(114)91-55-35-40-82-76-80(70-73-87(82)91)79-120(3)104-59-26-18-54-102(104)118-100(57-37-63-108(118)120)98-52-24-33-68-115(98)123(111-64-29-19-45-88(111)81-38-9-6-10-39-81)112-65-30-20-46-89(112)83-71-74-94-92-48-15-27-60-105(92)121(4,109(94)77-83)85-41-11-7-12-42-85/h6-78H,79H2,1-5H3. The van der Waals surface area contributed by atoms with E-state index in [0.717, 1.165) is 90.6 Å². The second kappa shape index (κ2) is 29.2. The number of para-hydroxylation sites is 6. The molecule has 19 aromatic carbocycles. The minimum Gasteiger partial charge on any atom is -0.309 e. The average Bonchev–Trinajstić information content (AvgIpc) is 1.56. The number of hydrogen-bond donors (Lipinski definition) is 0. The third kappa shape index (κ3) is 11.4. The quantitative estimate of drug-likeness (QED) is 0.0951. The van der Waals surface area contributed by atoms with Crippen molar-refractivity contribution in [1.29, 1.82) is 0 Å². The summed E-state index contributed by atoms with van der Waals surface area (Å²) >= 11 is 0. The lowest BCUT2D eigenvalue weighted by Gasteiger charge is -2.32. The molecule has 2 heteroatoms. The van der Waals surface area contributed by atoms with Crippen LogP contribution in [0.5, 0.6) is 0 Å². The van der Waals surface area contributed by atoms with E-state index in [4.69, 9.17) is 0 Å². The van der Waals surface area contributed by atoms with Crippen molar-refractivity contribution in [2.75, 3.05) is 9.80 Å². The molecule has 0 fully saturated rings. The third-order valence-corrected chi connectivity index (χ3v) is 28.3. The van der Waals surface area contributed by atoms with Gasteiger partial charge in [-0.3, -0.25) is 0 Å². The van der Waals surface area contributed by atoms with Gasteiger partial charge in [-0.2, -0.15) is 0 Å². The SMILES string of the molecule is CC1(C)c2ccccc2-c2c(-c3ccccc3N(c3ccccc3-c3ccc4c(c3)C(C)(c3ccccc3)c3ccccc3-4)c3ccccc3-c3cccc4cc(CC5(C)c6ccccc6-c6c(-c7ccccc7N(c7ccccc7-c7ccccc7)c7ccccc7-c7ccc8c(c7)C(C)(c7ccccc7)c7ccccc7-8)cccc65)ccc34)cccc21. The van der Waals surface area contributed by atoms with E-state index < -0.39 is 5.41 Å². The number of nitrogens with zero attached hydrogens (tertiary/aromatic N) is 2. The Morgan fingerprint density at radius 1 is 0.194 bits per heavy atom. The molecule has 0 heterocycles. The van der Waals surface area contributed by atoms with Crippen molar-refractivity contribution in [3.8, 4) is 111 Å². The fraction of sp³-hybridized carbons (Fsp3) is 0.0820. The largest absolute Gasteiger partial charge is 0.309 e. The first kappa shape index (κ1) is 74.1. The van der Waals surface area contributed by atoms with Crippen molar-refractivity contribution in [1.82, 2.24) is 0 Å². The average molecular weight is 1580 g/mol. The Morgan fingerprint density at radius 2 is 0.516 bits per heavy atom. The summed E-state index contributed by atoms with van der Waals surface area (Å²) in [7, 11) is 0. The molecule has 0 radical (unpaired) electrons. The number of benzene rings is 19. The Morgan fingerprint density at radius 3 is 1.00 bits per heavy atom. The predicted molar refractivity (Wildman–Crippen MR) is 520 cm³/mol. The zero-order chi connectivity index (χ0) is 83.0. The Bertz CT molecular complexity index is 7500. The van der Waals surface area contributed by atoms with Crippen LogP contribution in [-0.4, -0.2) is 0 Å². The lowest BCUT2D eigenvalue weighted by atomic mass is 9.74. The molecular weight excluding hydrogens is 1490 g/mol. The van der Waals surface area contributed by atoms with Crippen molar-refractivity contribution >= 4 is 44.9 Å². The highest BCUT2D eigenvalue weighted by atomic mass is 15.2. The maximum atomic E-state index is 2.59. The van der Waals surface area contributed by atoms with Gasteiger partial charge in [0.25, 0.3) is 0 Å². The maximum absolute atomic E-state index is 2.59. The van der Waals surface area contributed by atoms with Gasteiger partial charge in [0.05, 0.1) is 34.1 Å². The van der Waals surface area contributed by atoms with Gasteiger partial charge in [0, 0.05) is 55.0 Å². The molecule has 0 aliphatic heterocycles. The smallest absolute Gasteiger partial charge is 0.0540 e. The fourth-order valence-electron chi connectivity index (χ4n) is 22.4. The molecule has 2 nitrogen and oxygen atoms in total. The highest BCUT2D eigenvalue weighted by Crippen LogP contribution is 2.61. The fourth-order valence-corrected chi connectivity index (χ4v) is 22.4. The molecule has 0 amide bonds. The first-order valence-corrected chi connectivity index (χ1v) is 43.8. The molecule has 0 saturated carbocycles. The molecule has 19 aromatic rings. The summed E-state index contributed by atoms with van der Waals surface area (Å²) in [5, 5.41) is 2.39. The van der Waals surface area contributed by atoms with Crippen LogP contribution in [0.1, 0.15) is 95.8 Å². The summed E-state index contributed by atoms with van der Waals surface area (Å²) in [6.45, 7) is 12.1. The van der Waals surface area contributed by atoms with Crippen LogP contribution in [0, 0.1) is 0 Å². The zero-order valence-corrected chi connectivity index (χ0v) is 70.2. The topological polar surface area (TPSA) is 6.48 Å². The van der Waals surface area contributed by atoms with Gasteiger partial charge in [-0.05, 0) is 219 Å². The van der Waals surface area contributed by atoms with Crippen molar-refractivity contribution in [2.24, 2.45) is 0 Å². The van der Waals surface area contributed by atoms with E-state index in [2.05, 4.69) is 487 Å². The molecule has 0 aromatic heterocycles. The monoisotopic (exact) mass is 1580 g/mol. The van der Waals surface area contributed by atoms with Crippen molar-refractivity contribution in [2.45, 2.75) is 62.7 Å². The van der Waals surface area contributed by atoms with Crippen LogP contribution in [0.15, 0.2) is 443 Å². The highest BCUT2D eigenvalue weighted by molar-refractivity contribution is 6.07. The molecule has 0 spiro atoms. The van der Waals surface area contributed by atoms with Crippen LogP contribution in [0.2, 0.25) is 0 Å². The van der Waals surface area contributed by atoms with Crippen LogP contribution in [0.4, 0.5) is 34.1 Å². The van der Waals surface area contributed by atoms with Crippen molar-refractivity contribution in [3.63, 3.8) is 0 Å². The Kier molecular flexibility index (Phi) is 17.4. The van der Waals surface area contributed by atoms with E-state index in [9.17, 15) is 0 Å². The molecule has 0 N–H and O–H groups in total. The minimum atomic E-state index is -0.413. The van der Waals surface area contributed by atoms with Crippen LogP contribution in [0.25, 0.3) is 122 Å². The van der Waals surface area contributed by atoms with E-state index >= 15 is 0 Å². The van der Waals surface area contributed by atoms with E-state index in [1.54, 1.807) is 0 Å². The summed E-state index contributed by atoms with van der Waals surface area (Å²) in [5.74, 6) is 0. The number of rotatable bonds is 16. The second-order valence-corrected chi connectivity index (χ2v) is 35.3. The molecule has 4 aliphatic rings. The normalized spacial score (nSPS) is 16.3. The first-order chi connectivity index (χ1) is 60.9. The summed E-state index contributed by atoms with van der Waals surface area (Å²) in [6.07, 6.45) is 0.781. The van der Waals surface area contributed by atoms with Gasteiger partial charge in [0.2, 0.25) is 0 Å². The molecule has 4 aliphatic carbocycles. The van der Waals surface area contributed by atoms with Crippen molar-refractivity contribution < 1.29 is 0 Å². The van der Waals surface area contributed by atoms with Crippen LogP contribution in [-0.2, 0) is 28.1 Å². The molecule has 23 rings (SSSR count). The van der Waals surface area contributed by atoms with Crippen molar-refractivity contribution in [3.05, 3.63) is 504 Å². The van der Waals surface area contributed by atoms with E-state index in [1.165, 1.54) is 133 Å². The van der Waals surface area contributed by atoms with Gasteiger partial charge < -0.3 is 9.80 Å². The molecule has 3 unspecified atom stereocenters. The third-order valence-electron chi connectivity index (χ3n) is 28.3. The Balaban J connectivity index is 0.652. The van der Waals surface area contributed by atoms with Gasteiger partial charge in [-0.15, -0.1) is 0 Å². The lowest BCUT2D eigenvalue weighted by Crippen LogP contribution is -2.24. The van der Waals surface area contributed by atoms with Gasteiger partial charge in [-0.1, -0.05) is 415 Å². The highest BCUT2D eigenvalue weighted by Gasteiger charge is 2.45. The number of hydrogen-bond acceptors (Lipinski definition) is 2. The van der Waals surface area contributed by atoms with E-state index in [1.807, 2.05) is 0 Å². The zero-order valence-electron chi connectivity index (χ0n) is 70.2. The van der Waals surface area contributed by atoms with Crippen LogP contribution >= 0.6 is 0 Å². The Hall–Kier alpha value is -15.0. The molecular formula is C122H90N2. The lowest BCUT2D eigenvalue weighted by molar-refractivity contribution is 0.583. The molecule has 0 saturated heterocycles. The van der Waals surface area contributed by atoms with E-state index in [0.29, 0.717) is 0 Å². The molecule has 3 atom stereocenters. The van der Waals surface area contributed by atoms with Gasteiger partial charge in [0.15, 0.2) is 0 Å².